The van der Waals surface area contributed by atoms with Gasteiger partial charge in [-0.1, -0.05) is 60.7 Å². The topological polar surface area (TPSA) is 210 Å². The summed E-state index contributed by atoms with van der Waals surface area (Å²) in [6, 6.07) is 31.3. The molecule has 24 heteroatoms. The number of carbonyl (C=O) groups excluding carboxylic acids is 2. The summed E-state index contributed by atoms with van der Waals surface area (Å²) in [7, 11) is 0. The molecule has 8 aromatic rings. The van der Waals surface area contributed by atoms with E-state index in [2.05, 4.69) is 0 Å². The number of hydrogen-bond acceptors (Lipinski definition) is 12. The van der Waals surface area contributed by atoms with Gasteiger partial charge in [0.15, 0.2) is 11.5 Å². The first-order valence-corrected chi connectivity index (χ1v) is 24.5. The van der Waals surface area contributed by atoms with Crippen molar-refractivity contribution < 1.29 is 64.8 Å². The van der Waals surface area contributed by atoms with Crippen LogP contribution in [0.1, 0.15) is 43.4 Å². The highest BCUT2D eigenvalue weighted by Crippen LogP contribution is 2.46. The van der Waals surface area contributed by atoms with Gasteiger partial charge in [-0.05, 0) is 47.5 Å². The summed E-state index contributed by atoms with van der Waals surface area (Å²) < 4.78 is 101. The second-order valence-electron chi connectivity index (χ2n) is 19.0. The highest BCUT2D eigenvalue weighted by Gasteiger charge is 2.58. The van der Waals surface area contributed by atoms with Crippen LogP contribution in [0, 0.1) is 20.2 Å². The number of alkyl halides is 6. The van der Waals surface area contributed by atoms with Crippen molar-refractivity contribution in [2.75, 3.05) is 65.4 Å². The molecule has 2 aliphatic rings. The molecule has 10 rings (SSSR count). The van der Waals surface area contributed by atoms with Crippen LogP contribution in [0.25, 0.3) is 21.8 Å². The first kappa shape index (κ1) is 54.5. The van der Waals surface area contributed by atoms with Gasteiger partial charge in [0, 0.05) is 137 Å². The van der Waals surface area contributed by atoms with Gasteiger partial charge in [0.2, 0.25) is 11.2 Å². The number of fused-ring (bicyclic) bond motifs is 2. The Morgan fingerprint density at radius 2 is 0.872 bits per heavy atom. The van der Waals surface area contributed by atoms with Crippen LogP contribution in [0.2, 0.25) is 0 Å². The van der Waals surface area contributed by atoms with Crippen LogP contribution in [0.3, 0.4) is 0 Å². The number of hydrogen-bond donors (Lipinski definition) is 2. The largest absolute Gasteiger partial charge is 0.459 e. The maximum Gasteiger partial charge on any atom is 0.422 e. The zero-order valence-electron chi connectivity index (χ0n) is 41.3. The molecule has 2 N–H and O–H groups in total. The van der Waals surface area contributed by atoms with Crippen LogP contribution in [-0.2, 0) is 24.3 Å². The molecule has 2 unspecified atom stereocenters. The fraction of sp³-hybridized carbons (Fsp3) is 0.296. The van der Waals surface area contributed by atoms with Crippen LogP contribution in [0.15, 0.2) is 155 Å². The van der Waals surface area contributed by atoms with Crippen LogP contribution >= 0.6 is 0 Å². The van der Waals surface area contributed by atoms with Crippen LogP contribution < -0.4 is 0 Å². The fourth-order valence-corrected chi connectivity index (χ4v) is 9.90. The summed E-state index contributed by atoms with van der Waals surface area (Å²) in [6.45, 7) is -0.132. The van der Waals surface area contributed by atoms with E-state index in [9.17, 15) is 66.4 Å². The molecule has 2 saturated heterocycles. The van der Waals surface area contributed by atoms with Crippen molar-refractivity contribution in [3.05, 3.63) is 200 Å². The van der Waals surface area contributed by atoms with Crippen molar-refractivity contribution in [2.45, 2.75) is 36.6 Å². The van der Waals surface area contributed by atoms with E-state index in [1.807, 2.05) is 0 Å². The highest BCUT2D eigenvalue weighted by molar-refractivity contribution is 5.92. The molecule has 4 aromatic heterocycles. The molecule has 78 heavy (non-hydrogen) atoms. The van der Waals surface area contributed by atoms with E-state index in [1.54, 1.807) is 72.8 Å². The predicted molar refractivity (Wildman–Crippen MR) is 270 cm³/mol. The molecule has 2 fully saturated rings. The molecule has 408 valence electrons. The van der Waals surface area contributed by atoms with Gasteiger partial charge >= 0.3 is 12.4 Å². The number of aliphatic hydroxyl groups is 2. The molecule has 18 nitrogen and oxygen atoms in total. The number of aromatic nitrogens is 2. The molecule has 0 radical (unpaired) electrons. The summed E-state index contributed by atoms with van der Waals surface area (Å²) in [5.74, 6) is -0.404. The van der Waals surface area contributed by atoms with Crippen molar-refractivity contribution in [2.24, 2.45) is 0 Å². The van der Waals surface area contributed by atoms with Gasteiger partial charge in [0.05, 0.1) is 33.4 Å². The van der Waals surface area contributed by atoms with Crippen molar-refractivity contribution in [3.63, 3.8) is 0 Å². The average molecular weight is 1090 g/mol. The normalized spacial score (nSPS) is 16.4. The summed E-state index contributed by atoms with van der Waals surface area (Å²) >= 11 is 0. The number of piperazine rings is 2. The smallest absolute Gasteiger partial charge is 0.422 e. The van der Waals surface area contributed by atoms with Gasteiger partial charge in [-0.25, -0.2) is 0 Å². The van der Waals surface area contributed by atoms with Crippen LogP contribution in [-0.4, -0.2) is 138 Å². The third-order valence-electron chi connectivity index (χ3n) is 14.1. The SMILES string of the molecule is O=C(c1ccco1)N1CCN(CC(O)(c2cn(Cc3ccccc3)c3cc([N+](=O)[O-])ccc23)C(F)(F)F)CC1.O=C(c1ccco1)N1CCN(CC(O)(c2cn(Cc3ccccc3)c3cc([N+](=O)[O-])ccc23)C(F)(F)F)CC1. The predicted octanol–water partition coefficient (Wildman–Crippen LogP) is 8.80. The highest BCUT2D eigenvalue weighted by atomic mass is 19.4. The second kappa shape index (κ2) is 22.0. The number of β-amino-alcohol motifs (C(OH)–C–C–N with tert-alkyl or cyclic N) is 2. The van der Waals surface area contributed by atoms with Crippen molar-refractivity contribution in [3.8, 4) is 0 Å². The molecule has 0 bridgehead atoms. The monoisotopic (exact) mass is 1080 g/mol. The van der Waals surface area contributed by atoms with Gasteiger partial charge in [-0.3, -0.25) is 39.6 Å². The summed E-state index contributed by atoms with van der Waals surface area (Å²) in [4.78, 5) is 52.6. The third-order valence-corrected chi connectivity index (χ3v) is 14.1. The zero-order valence-corrected chi connectivity index (χ0v) is 41.3. The Kier molecular flexibility index (Phi) is 15.3. The molecule has 4 aromatic carbocycles. The lowest BCUT2D eigenvalue weighted by Gasteiger charge is -2.40. The zero-order chi connectivity index (χ0) is 55.6. The Labute approximate surface area is 439 Å². The van der Waals surface area contributed by atoms with E-state index < -0.39 is 46.5 Å². The number of rotatable bonds is 14. The molecule has 0 aliphatic carbocycles. The number of nitro benzene ring substituents is 2. The van der Waals surface area contributed by atoms with E-state index in [0.29, 0.717) is 0 Å². The molecule has 6 heterocycles. The molecule has 2 atom stereocenters. The first-order valence-electron chi connectivity index (χ1n) is 24.5. The number of furan rings is 2. The number of amides is 2. The quantitative estimate of drug-likeness (QED) is 0.0595. The van der Waals surface area contributed by atoms with Gasteiger partial charge in [0.25, 0.3) is 23.2 Å². The molecule has 0 saturated carbocycles. The minimum atomic E-state index is -5.05. The van der Waals surface area contributed by atoms with E-state index in [0.717, 1.165) is 23.3 Å². The fourth-order valence-electron chi connectivity index (χ4n) is 9.90. The summed E-state index contributed by atoms with van der Waals surface area (Å²) in [5.41, 5.74) is -5.87. The van der Waals surface area contributed by atoms with Gasteiger partial charge in [-0.15, -0.1) is 0 Å². The average Bonchev–Trinajstić information content (AvgIpc) is 4.43. The lowest BCUT2D eigenvalue weighted by Crippen LogP contribution is -2.56. The second-order valence-corrected chi connectivity index (χ2v) is 19.0. The van der Waals surface area contributed by atoms with E-state index in [1.165, 1.54) is 90.1 Å². The van der Waals surface area contributed by atoms with E-state index in [-0.39, 0.29) is 133 Å². The number of benzene rings is 4. The minimum Gasteiger partial charge on any atom is -0.459 e. The standard InChI is InChI=1S/2C27H25F3N4O5/c2*28-27(29,30)26(36,18-31-10-12-32(13-11-31)25(35)24-7-4-14-39-24)22-17-33(16-19-5-2-1-3-6-19)23-15-20(34(37)38)8-9-21(22)23/h2*1-9,14-15,17,36H,10-13,16,18H2. The Morgan fingerprint density at radius 1 is 0.513 bits per heavy atom. The van der Waals surface area contributed by atoms with E-state index >= 15 is 0 Å². The third kappa shape index (κ3) is 11.2. The van der Waals surface area contributed by atoms with Gasteiger partial charge < -0.3 is 38.0 Å². The first-order chi connectivity index (χ1) is 37.1. The van der Waals surface area contributed by atoms with Crippen LogP contribution in [0.5, 0.6) is 0 Å². The molecule has 2 aliphatic heterocycles. The maximum absolute atomic E-state index is 14.6. The number of halogens is 6. The number of nitrogens with zero attached hydrogens (tertiary/aromatic N) is 8. The number of carbonyl (C=O) groups is 2. The van der Waals surface area contributed by atoms with Crippen molar-refractivity contribution in [1.29, 1.82) is 0 Å². The molecule has 2 amide bonds. The Morgan fingerprint density at radius 3 is 1.18 bits per heavy atom. The Balaban J connectivity index is 0.000000190. The molecular formula is C54H50F6N8O10. The maximum atomic E-state index is 14.6. The Hall–Kier alpha value is -8.32. The lowest BCUT2D eigenvalue weighted by atomic mass is 9.91. The lowest BCUT2D eigenvalue weighted by molar-refractivity contribution is -0.384. The summed E-state index contributed by atoms with van der Waals surface area (Å²) in [5, 5.41) is 45.7. The van der Waals surface area contributed by atoms with E-state index in [4.69, 9.17) is 8.83 Å². The van der Waals surface area contributed by atoms with Gasteiger partial charge in [0.1, 0.15) is 0 Å². The molecular weight excluding hydrogens is 1030 g/mol. The van der Waals surface area contributed by atoms with Crippen molar-refractivity contribution >= 4 is 45.0 Å². The number of nitro groups is 2. The minimum absolute atomic E-state index is 0.0722. The van der Waals surface area contributed by atoms with Crippen molar-refractivity contribution in [1.82, 2.24) is 28.7 Å². The summed E-state index contributed by atoms with van der Waals surface area (Å²) in [6.07, 6.45) is -4.91. The molecule has 0 spiro atoms. The van der Waals surface area contributed by atoms with Crippen LogP contribution in [0.4, 0.5) is 37.7 Å². The van der Waals surface area contributed by atoms with Gasteiger partial charge in [-0.2, -0.15) is 26.3 Å². The number of non-ortho nitro benzene ring substituents is 2. The Bertz CT molecular complexity index is 3180.